The van der Waals surface area contributed by atoms with Gasteiger partial charge in [-0.05, 0) is 87.3 Å². The van der Waals surface area contributed by atoms with Gasteiger partial charge in [-0.2, -0.15) is 0 Å². The molecule has 1 aromatic carbocycles. The highest BCUT2D eigenvalue weighted by molar-refractivity contribution is 5.98. The number of nitrogens with zero attached hydrogens (tertiary/aromatic N) is 2. The molecule has 0 spiro atoms. The van der Waals surface area contributed by atoms with Crippen LogP contribution in [0.15, 0.2) is 41.8 Å². The number of benzene rings is 1. The van der Waals surface area contributed by atoms with Crippen LogP contribution < -0.4 is 65.5 Å². The first-order chi connectivity index (χ1) is 37.9. The number of carbonyl (C=O) groups excluding carboxylic acids is 9. The van der Waals surface area contributed by atoms with E-state index in [9.17, 15) is 63.0 Å². The minimum Gasteiger partial charge on any atom is -0.508 e. The predicted molar refractivity (Wildman–Crippen MR) is 294 cm³/mol. The number of hydrogen-bond donors (Lipinski definition) is 16. The van der Waals surface area contributed by atoms with Crippen molar-refractivity contribution < 1.29 is 68.1 Å². The number of aliphatic imine (C=N–C) groups is 1. The Labute approximate surface area is 469 Å². The van der Waals surface area contributed by atoms with Gasteiger partial charge in [0.25, 0.3) is 0 Å². The smallest absolute Gasteiger partial charge is 0.326 e. The maximum absolute atomic E-state index is 14.2. The molecule has 1 heterocycles. The molecule has 29 heteroatoms. The number of carboxylic acid groups (broad SMARTS) is 2. The average Bonchev–Trinajstić information content (AvgIpc) is 3.89. The molecule has 0 saturated heterocycles. The number of imidazole rings is 1. The molecule has 9 atom stereocenters. The summed E-state index contributed by atoms with van der Waals surface area (Å²) in [5, 5.41) is 49.2. The largest absolute Gasteiger partial charge is 0.508 e. The zero-order chi connectivity index (χ0) is 61.1. The number of primary amides is 1. The van der Waals surface area contributed by atoms with Gasteiger partial charge in [0, 0.05) is 44.1 Å². The van der Waals surface area contributed by atoms with Crippen LogP contribution in [-0.4, -0.2) is 157 Å². The van der Waals surface area contributed by atoms with Crippen molar-refractivity contribution in [3.8, 4) is 5.75 Å². The van der Waals surface area contributed by atoms with Gasteiger partial charge in [-0.3, -0.25) is 52.9 Å². The molecule has 9 amide bonds. The number of guanidine groups is 1. The molecule has 0 aliphatic rings. The van der Waals surface area contributed by atoms with Gasteiger partial charge in [0.15, 0.2) is 5.96 Å². The van der Waals surface area contributed by atoms with Gasteiger partial charge >= 0.3 is 11.9 Å². The molecule has 0 saturated carbocycles. The molecular weight excluding hydrogens is 1060 g/mol. The van der Waals surface area contributed by atoms with E-state index in [0.717, 1.165) is 0 Å². The number of carbonyl (C=O) groups is 11. The Morgan fingerprint density at radius 1 is 0.543 bits per heavy atom. The Bertz CT molecular complexity index is 2470. The second-order valence-electron chi connectivity index (χ2n) is 21.0. The van der Waals surface area contributed by atoms with Crippen molar-refractivity contribution in [2.75, 3.05) is 6.54 Å². The van der Waals surface area contributed by atoms with Gasteiger partial charge < -0.3 is 85.8 Å². The third-order valence-electron chi connectivity index (χ3n) is 12.3. The lowest BCUT2D eigenvalue weighted by Crippen LogP contribution is -2.60. The highest BCUT2D eigenvalue weighted by Crippen LogP contribution is 2.15. The molecule has 0 fully saturated rings. The molecule has 29 nitrogen and oxygen atoms in total. The number of rotatable bonds is 37. The molecule has 2 aromatic rings. The molecule has 0 unspecified atom stereocenters. The van der Waals surface area contributed by atoms with Crippen molar-refractivity contribution in [1.82, 2.24) is 52.5 Å². The molecule has 81 heavy (non-hydrogen) atoms. The lowest BCUT2D eigenvalue weighted by Gasteiger charge is -2.28. The van der Waals surface area contributed by atoms with Crippen LogP contribution in [0.4, 0.5) is 0 Å². The molecule has 0 radical (unpaired) electrons. The minimum absolute atomic E-state index is 0.00976. The van der Waals surface area contributed by atoms with E-state index < -0.39 is 132 Å². The maximum atomic E-state index is 14.2. The molecule has 20 N–H and O–H groups in total. The van der Waals surface area contributed by atoms with Gasteiger partial charge in [0.05, 0.1) is 12.4 Å². The van der Waals surface area contributed by atoms with Crippen LogP contribution >= 0.6 is 0 Å². The quantitative estimate of drug-likeness (QED) is 0.0189. The molecule has 0 aliphatic heterocycles. The fourth-order valence-corrected chi connectivity index (χ4v) is 8.06. The van der Waals surface area contributed by atoms with Crippen LogP contribution in [0.25, 0.3) is 0 Å². The number of aromatic hydroxyl groups is 1. The number of nitrogens with two attached hydrogens (primary N) is 4. The fraction of sp³-hybridized carbons (Fsp3) is 0.596. The molecule has 1 aromatic heterocycles. The monoisotopic (exact) mass is 1140 g/mol. The number of H-pyrrole nitrogens is 1. The van der Waals surface area contributed by atoms with Crippen molar-refractivity contribution in [3.05, 3.63) is 48.0 Å². The lowest BCUT2D eigenvalue weighted by molar-refractivity contribution is -0.143. The molecule has 0 bridgehead atoms. The summed E-state index contributed by atoms with van der Waals surface area (Å²) < 4.78 is 0. The number of nitrogens with one attached hydrogen (secondary N) is 9. The number of aromatic amines is 1. The molecule has 2 rings (SSSR count). The van der Waals surface area contributed by atoms with E-state index >= 15 is 0 Å². The number of phenolic OH excluding ortho intramolecular Hbond substituents is 1. The van der Waals surface area contributed by atoms with E-state index in [-0.39, 0.29) is 93.8 Å². The lowest BCUT2D eigenvalue weighted by atomic mass is 10.00. The summed E-state index contributed by atoms with van der Waals surface area (Å²) in [7, 11) is 0. The predicted octanol–water partition coefficient (Wildman–Crippen LogP) is -2.47. The summed E-state index contributed by atoms with van der Waals surface area (Å²) in [6.07, 6.45) is 1.07. The summed E-state index contributed by atoms with van der Waals surface area (Å²) in [4.78, 5) is 157. The number of amides is 9. The number of hydrogen-bond acceptors (Lipinski definition) is 15. The van der Waals surface area contributed by atoms with Crippen LogP contribution in [0.5, 0.6) is 5.75 Å². The number of aliphatic carboxylic acids is 2. The SMILES string of the molecule is CC(C)C[C@H](NC(=O)[C@H](Cc1cnc[nH]1)NC(=O)[C@H](CC(C)C)NC(=O)[C@H](CCC(N)=O)NC(=O)[C@H](CC(C)C)NC(=O)[C@H](C)NC(=O)[C@H](CCCN=C(N)N)NC(=O)[C@H](Cc1ccc(O)cc1)NC(=O)[C@@H](N)CCC(=O)O)C(=O)O. The Balaban J connectivity index is 2.40. The van der Waals surface area contributed by atoms with Crippen LogP contribution in [0, 0.1) is 17.8 Å². The van der Waals surface area contributed by atoms with Crippen molar-refractivity contribution >= 4 is 71.1 Å². The first kappa shape index (κ1) is 68.7. The topological polar surface area (TPSA) is 490 Å². The Kier molecular flexibility index (Phi) is 29.4. The molecule has 0 aliphatic carbocycles. The summed E-state index contributed by atoms with van der Waals surface area (Å²) in [6.45, 7) is 11.9. The van der Waals surface area contributed by atoms with Crippen molar-refractivity contribution in [3.63, 3.8) is 0 Å². The normalized spacial score (nSPS) is 14.5. The van der Waals surface area contributed by atoms with E-state index in [1.54, 1.807) is 41.5 Å². The minimum atomic E-state index is -1.53. The summed E-state index contributed by atoms with van der Waals surface area (Å²) in [5.41, 5.74) is 23.2. The summed E-state index contributed by atoms with van der Waals surface area (Å²) >= 11 is 0. The van der Waals surface area contributed by atoms with Gasteiger partial charge in [0.1, 0.15) is 54.1 Å². The zero-order valence-electron chi connectivity index (χ0n) is 46.9. The van der Waals surface area contributed by atoms with Gasteiger partial charge in [0.2, 0.25) is 53.2 Å². The van der Waals surface area contributed by atoms with Crippen LogP contribution in [0.2, 0.25) is 0 Å². The number of aromatic nitrogens is 2. The Morgan fingerprint density at radius 2 is 0.988 bits per heavy atom. The summed E-state index contributed by atoms with van der Waals surface area (Å²) in [5.74, 6) is -11.3. The van der Waals surface area contributed by atoms with E-state index in [2.05, 4.69) is 57.5 Å². The van der Waals surface area contributed by atoms with Crippen molar-refractivity contribution in [2.24, 2.45) is 45.7 Å². The van der Waals surface area contributed by atoms with Crippen molar-refractivity contribution in [1.29, 1.82) is 0 Å². The second-order valence-corrected chi connectivity index (χ2v) is 21.0. The first-order valence-corrected chi connectivity index (χ1v) is 26.7. The fourth-order valence-electron chi connectivity index (χ4n) is 8.06. The average molecular weight is 1140 g/mol. The van der Waals surface area contributed by atoms with Crippen LogP contribution in [-0.2, 0) is 65.6 Å². The highest BCUT2D eigenvalue weighted by Gasteiger charge is 2.35. The third kappa shape index (κ3) is 26.9. The number of carboxylic acids is 2. The van der Waals surface area contributed by atoms with Gasteiger partial charge in [-0.25, -0.2) is 9.78 Å². The standard InChI is InChI=1S/C52H83N15O14/c1-26(2)19-36(47(76)62-35(15-16-41(54)69)46(75)65-37(20-27(3)4)48(77)66-39(23-31-24-57-25-59-31)50(79)67-40(51(80)81)21-28(5)6)63-43(72)29(7)60-45(74)34(9-8-18-58-52(55)56)61-49(78)38(22-30-10-12-32(68)13-11-30)64-44(73)33(53)14-17-42(70)71/h10-13,24-29,33-40,68H,8-9,14-23,53H2,1-7H3,(H2,54,69)(H,57,59)(H,60,74)(H,61,78)(H,62,76)(H,63,72)(H,64,73)(H,65,75)(H,66,77)(H,67,79)(H,70,71)(H,80,81)(H4,55,56,58)/t29-,33-,34-,35-,36-,37-,38-,39-,40-/m0/s1. The van der Waals surface area contributed by atoms with E-state index in [1.807, 2.05) is 0 Å². The maximum Gasteiger partial charge on any atom is 0.326 e. The van der Waals surface area contributed by atoms with E-state index in [0.29, 0.717) is 11.3 Å². The Morgan fingerprint density at radius 3 is 1.48 bits per heavy atom. The van der Waals surface area contributed by atoms with E-state index in [4.69, 9.17) is 28.0 Å². The first-order valence-electron chi connectivity index (χ1n) is 26.7. The van der Waals surface area contributed by atoms with Gasteiger partial charge in [-0.15, -0.1) is 0 Å². The van der Waals surface area contributed by atoms with Crippen molar-refractivity contribution in [2.45, 2.75) is 173 Å². The Hall–Kier alpha value is -8.37. The van der Waals surface area contributed by atoms with Crippen LogP contribution in [0.3, 0.4) is 0 Å². The number of phenols is 1. The zero-order valence-corrected chi connectivity index (χ0v) is 46.9. The van der Waals surface area contributed by atoms with Crippen LogP contribution in [0.1, 0.15) is 118 Å². The third-order valence-corrected chi connectivity index (χ3v) is 12.3. The van der Waals surface area contributed by atoms with Gasteiger partial charge in [-0.1, -0.05) is 53.7 Å². The molecule has 450 valence electrons. The van der Waals surface area contributed by atoms with E-state index in [1.165, 1.54) is 43.7 Å². The second kappa shape index (κ2) is 34.6. The highest BCUT2D eigenvalue weighted by atomic mass is 16.4. The molecular formula is C52H83N15O14. The summed E-state index contributed by atoms with van der Waals surface area (Å²) in [6, 6.07) is -6.73.